The van der Waals surface area contributed by atoms with E-state index < -0.39 is 10.0 Å². The summed E-state index contributed by atoms with van der Waals surface area (Å²) in [5.41, 5.74) is 2.54. The Morgan fingerprint density at radius 3 is 2.64 bits per heavy atom. The smallest absolute Gasteiger partial charge is 0.211 e. The number of aryl methyl sites for hydroxylation is 1. The van der Waals surface area contributed by atoms with Gasteiger partial charge in [-0.15, -0.1) is 0 Å². The van der Waals surface area contributed by atoms with Gasteiger partial charge >= 0.3 is 0 Å². The second-order valence-electron chi connectivity index (χ2n) is 5.69. The van der Waals surface area contributed by atoms with Crippen LogP contribution in [0.4, 0.5) is 0 Å². The Bertz CT molecular complexity index is 754. The second-order valence-corrected chi connectivity index (χ2v) is 7.67. The molecular formula is C14H19N5O2S. The van der Waals surface area contributed by atoms with E-state index in [1.54, 1.807) is 23.3 Å². The van der Waals surface area contributed by atoms with Gasteiger partial charge in [-0.2, -0.15) is 5.10 Å². The lowest BCUT2D eigenvalue weighted by molar-refractivity contribution is 0.314. The summed E-state index contributed by atoms with van der Waals surface area (Å²) in [6, 6.07) is 0. The molecule has 3 heterocycles. The summed E-state index contributed by atoms with van der Waals surface area (Å²) in [7, 11) is -1.29. The third kappa shape index (κ3) is 3.17. The molecule has 1 aliphatic rings. The summed E-state index contributed by atoms with van der Waals surface area (Å²) in [6.45, 7) is 1.08. The van der Waals surface area contributed by atoms with Crippen molar-refractivity contribution in [3.05, 3.63) is 30.5 Å². The molecule has 0 radical (unpaired) electrons. The van der Waals surface area contributed by atoms with Crippen molar-refractivity contribution in [2.24, 2.45) is 7.05 Å². The minimum Gasteiger partial charge on any atom is -0.275 e. The maximum absolute atomic E-state index is 11.7. The molecule has 0 bridgehead atoms. The van der Waals surface area contributed by atoms with Gasteiger partial charge in [-0.05, 0) is 12.8 Å². The van der Waals surface area contributed by atoms with E-state index in [4.69, 9.17) is 0 Å². The van der Waals surface area contributed by atoms with Crippen LogP contribution in [0.15, 0.2) is 24.8 Å². The largest absolute Gasteiger partial charge is 0.275 e. The lowest BCUT2D eigenvalue weighted by atomic mass is 9.96. The van der Waals surface area contributed by atoms with Crippen LogP contribution < -0.4 is 0 Å². The van der Waals surface area contributed by atoms with Crippen molar-refractivity contribution < 1.29 is 8.42 Å². The van der Waals surface area contributed by atoms with Crippen LogP contribution in [0.25, 0.3) is 11.3 Å². The van der Waals surface area contributed by atoms with Gasteiger partial charge in [0.05, 0.1) is 30.0 Å². The fourth-order valence-corrected chi connectivity index (χ4v) is 3.65. The van der Waals surface area contributed by atoms with Crippen molar-refractivity contribution in [3.63, 3.8) is 0 Å². The molecule has 0 amide bonds. The van der Waals surface area contributed by atoms with E-state index in [-0.39, 0.29) is 5.92 Å². The Morgan fingerprint density at radius 2 is 2.05 bits per heavy atom. The van der Waals surface area contributed by atoms with E-state index in [0.29, 0.717) is 13.1 Å². The van der Waals surface area contributed by atoms with Crippen LogP contribution in [0.5, 0.6) is 0 Å². The van der Waals surface area contributed by atoms with Gasteiger partial charge in [-0.3, -0.25) is 14.6 Å². The van der Waals surface area contributed by atoms with Gasteiger partial charge in [0.25, 0.3) is 0 Å². The SMILES string of the molecule is Cn1cc(-c2cnc([C@H]3CCCN(S(C)(=O)=O)C3)cn2)cn1. The highest BCUT2D eigenvalue weighted by atomic mass is 32.2. The standard InChI is InChI=1S/C14H19N5O2S/c1-18-9-12(6-17-18)14-8-15-13(7-16-14)11-4-3-5-19(10-11)22(2,20)21/h6-9,11H,3-5,10H2,1-2H3/t11-/m0/s1. The second kappa shape index (κ2) is 5.77. The highest BCUT2D eigenvalue weighted by Crippen LogP contribution is 2.27. The van der Waals surface area contributed by atoms with Crippen LogP contribution in [0.3, 0.4) is 0 Å². The zero-order valence-corrected chi connectivity index (χ0v) is 13.5. The van der Waals surface area contributed by atoms with E-state index >= 15 is 0 Å². The molecular weight excluding hydrogens is 302 g/mol. The van der Waals surface area contributed by atoms with Gasteiger partial charge in [0.15, 0.2) is 0 Å². The maximum atomic E-state index is 11.7. The van der Waals surface area contributed by atoms with Crippen LogP contribution in [-0.2, 0) is 17.1 Å². The van der Waals surface area contributed by atoms with Crippen LogP contribution in [0, 0.1) is 0 Å². The molecule has 2 aromatic heterocycles. The van der Waals surface area contributed by atoms with Crippen LogP contribution in [0.1, 0.15) is 24.5 Å². The number of rotatable bonds is 3. The lowest BCUT2D eigenvalue weighted by Gasteiger charge is -2.30. The average molecular weight is 321 g/mol. The first kappa shape index (κ1) is 15.1. The van der Waals surface area contributed by atoms with Gasteiger partial charge < -0.3 is 0 Å². The third-order valence-electron chi connectivity index (χ3n) is 3.94. The Hall–Kier alpha value is -1.80. The van der Waals surface area contributed by atoms with Crippen molar-refractivity contribution in [3.8, 4) is 11.3 Å². The third-order valence-corrected chi connectivity index (χ3v) is 5.21. The highest BCUT2D eigenvalue weighted by molar-refractivity contribution is 7.88. The number of aromatic nitrogens is 4. The predicted molar refractivity (Wildman–Crippen MR) is 82.6 cm³/mol. The number of hydrogen-bond acceptors (Lipinski definition) is 5. The van der Waals surface area contributed by atoms with Crippen molar-refractivity contribution in [2.45, 2.75) is 18.8 Å². The van der Waals surface area contributed by atoms with Gasteiger partial charge in [-0.1, -0.05) is 0 Å². The zero-order chi connectivity index (χ0) is 15.7. The summed E-state index contributed by atoms with van der Waals surface area (Å²) < 4.78 is 26.6. The van der Waals surface area contributed by atoms with Crippen molar-refractivity contribution in [2.75, 3.05) is 19.3 Å². The number of sulfonamides is 1. The predicted octanol–water partition coefficient (Wildman–Crippen LogP) is 1.02. The molecule has 0 unspecified atom stereocenters. The number of hydrogen-bond donors (Lipinski definition) is 0. The molecule has 3 rings (SSSR count). The minimum absolute atomic E-state index is 0.110. The van der Waals surface area contributed by atoms with Crippen LogP contribution >= 0.6 is 0 Å². The molecule has 7 nitrogen and oxygen atoms in total. The van der Waals surface area contributed by atoms with Crippen molar-refractivity contribution in [1.29, 1.82) is 0 Å². The molecule has 2 aromatic rings. The summed E-state index contributed by atoms with van der Waals surface area (Å²) in [5, 5.41) is 4.12. The first-order valence-electron chi connectivity index (χ1n) is 7.19. The fourth-order valence-electron chi connectivity index (χ4n) is 2.74. The molecule has 1 atom stereocenters. The number of nitrogens with zero attached hydrogens (tertiary/aromatic N) is 5. The summed E-state index contributed by atoms with van der Waals surface area (Å²) >= 11 is 0. The molecule has 0 spiro atoms. The molecule has 1 aliphatic heterocycles. The quantitative estimate of drug-likeness (QED) is 0.843. The molecule has 22 heavy (non-hydrogen) atoms. The molecule has 0 aromatic carbocycles. The van der Waals surface area contributed by atoms with E-state index in [0.717, 1.165) is 29.8 Å². The first-order chi connectivity index (χ1) is 10.4. The van der Waals surface area contributed by atoms with Crippen LogP contribution in [-0.4, -0.2) is 51.8 Å². The summed E-state index contributed by atoms with van der Waals surface area (Å²) in [5.74, 6) is 0.110. The van der Waals surface area contributed by atoms with Crippen LogP contribution in [0.2, 0.25) is 0 Å². The zero-order valence-electron chi connectivity index (χ0n) is 12.7. The van der Waals surface area contributed by atoms with E-state index in [1.807, 2.05) is 13.2 Å². The van der Waals surface area contributed by atoms with Crippen molar-refractivity contribution in [1.82, 2.24) is 24.1 Å². The maximum Gasteiger partial charge on any atom is 0.211 e. The summed E-state index contributed by atoms with van der Waals surface area (Å²) in [6.07, 6.45) is 10.2. The lowest BCUT2D eigenvalue weighted by Crippen LogP contribution is -2.38. The molecule has 1 saturated heterocycles. The average Bonchev–Trinajstić information content (AvgIpc) is 2.93. The van der Waals surface area contributed by atoms with Crippen molar-refractivity contribution >= 4 is 10.0 Å². The van der Waals surface area contributed by atoms with Gasteiger partial charge in [-0.25, -0.2) is 12.7 Å². The number of piperidine rings is 1. The molecule has 118 valence electrons. The molecule has 8 heteroatoms. The topological polar surface area (TPSA) is 81.0 Å². The van der Waals surface area contributed by atoms with E-state index in [9.17, 15) is 8.42 Å². The summed E-state index contributed by atoms with van der Waals surface area (Å²) in [4.78, 5) is 8.92. The monoisotopic (exact) mass is 321 g/mol. The normalized spacial score (nSPS) is 20.2. The van der Waals surface area contributed by atoms with Gasteiger partial charge in [0.1, 0.15) is 0 Å². The Balaban J connectivity index is 1.78. The molecule has 0 aliphatic carbocycles. The Morgan fingerprint density at radius 1 is 1.23 bits per heavy atom. The minimum atomic E-state index is -3.14. The Kier molecular flexibility index (Phi) is 3.96. The highest BCUT2D eigenvalue weighted by Gasteiger charge is 2.27. The van der Waals surface area contributed by atoms with E-state index in [1.165, 1.54) is 10.6 Å². The van der Waals surface area contributed by atoms with E-state index in [2.05, 4.69) is 15.1 Å². The van der Waals surface area contributed by atoms with Gasteiger partial charge in [0.2, 0.25) is 10.0 Å². The molecule has 0 N–H and O–H groups in total. The molecule has 1 fully saturated rings. The van der Waals surface area contributed by atoms with Gasteiger partial charge in [0, 0.05) is 44.0 Å². The Labute approximate surface area is 130 Å². The fraction of sp³-hybridized carbons (Fsp3) is 0.500. The molecule has 0 saturated carbocycles. The first-order valence-corrected chi connectivity index (χ1v) is 9.04.